The summed E-state index contributed by atoms with van der Waals surface area (Å²) in [6, 6.07) is 7.02. The molecule has 0 unspecified atom stereocenters. The van der Waals surface area contributed by atoms with Gasteiger partial charge in [-0.1, -0.05) is 25.0 Å². The number of benzene rings is 1. The second-order valence-electron chi connectivity index (χ2n) is 5.46. The van der Waals surface area contributed by atoms with E-state index in [0.29, 0.717) is 18.7 Å². The molecule has 1 aliphatic rings. The van der Waals surface area contributed by atoms with Gasteiger partial charge < -0.3 is 15.8 Å². The minimum Gasteiger partial charge on any atom is -0.462 e. The number of carbonyl (C=O) groups excluding carboxylic acids is 2. The van der Waals surface area contributed by atoms with Crippen LogP contribution in [0.4, 0.5) is 0 Å². The number of carbonyl (C=O) groups is 2. The Morgan fingerprint density at radius 3 is 2.36 bits per heavy atom. The van der Waals surface area contributed by atoms with Gasteiger partial charge in [0.1, 0.15) is 0 Å². The van der Waals surface area contributed by atoms with E-state index in [9.17, 15) is 9.59 Å². The normalized spacial score (nSPS) is 15.7. The van der Waals surface area contributed by atoms with Crippen molar-refractivity contribution in [3.63, 3.8) is 0 Å². The van der Waals surface area contributed by atoms with Gasteiger partial charge in [-0.2, -0.15) is 0 Å². The average molecular weight is 327 g/mol. The van der Waals surface area contributed by atoms with Crippen LogP contribution in [0, 0.1) is 0 Å². The molecule has 5 nitrogen and oxygen atoms in total. The van der Waals surface area contributed by atoms with Crippen molar-refractivity contribution in [2.75, 3.05) is 6.61 Å². The third kappa shape index (κ3) is 4.45. The molecule has 0 radical (unpaired) electrons. The maximum atomic E-state index is 12.1. The number of ether oxygens (including phenoxy) is 1. The fourth-order valence-electron chi connectivity index (χ4n) is 2.56. The maximum absolute atomic E-state index is 12.1. The third-order valence-electron chi connectivity index (χ3n) is 3.87. The topological polar surface area (TPSA) is 81.4 Å². The molecule has 1 saturated carbocycles. The lowest BCUT2D eigenvalue weighted by Crippen LogP contribution is -2.51. The molecular formula is C16H23ClN2O3. The summed E-state index contributed by atoms with van der Waals surface area (Å²) in [6.07, 6.45) is 3.53. The Kier molecular flexibility index (Phi) is 6.84. The Balaban J connectivity index is 0.00000242. The van der Waals surface area contributed by atoms with Gasteiger partial charge in [0, 0.05) is 6.54 Å². The third-order valence-corrected chi connectivity index (χ3v) is 3.87. The van der Waals surface area contributed by atoms with E-state index in [1.54, 1.807) is 19.1 Å². The highest BCUT2D eigenvalue weighted by Gasteiger charge is 2.36. The monoisotopic (exact) mass is 326 g/mol. The van der Waals surface area contributed by atoms with E-state index in [2.05, 4.69) is 5.32 Å². The van der Waals surface area contributed by atoms with Crippen LogP contribution in [0.25, 0.3) is 0 Å². The molecule has 3 N–H and O–H groups in total. The zero-order valence-corrected chi connectivity index (χ0v) is 13.6. The van der Waals surface area contributed by atoms with Gasteiger partial charge in [0.15, 0.2) is 0 Å². The molecule has 1 aromatic rings. The second-order valence-corrected chi connectivity index (χ2v) is 5.46. The highest BCUT2D eigenvalue weighted by molar-refractivity contribution is 5.89. The first kappa shape index (κ1) is 18.5. The van der Waals surface area contributed by atoms with Crippen LogP contribution in [0.1, 0.15) is 48.5 Å². The Hall–Kier alpha value is -1.59. The Bertz CT molecular complexity index is 511. The van der Waals surface area contributed by atoms with E-state index in [-0.39, 0.29) is 24.3 Å². The minimum absolute atomic E-state index is 0. The number of hydrogen-bond acceptors (Lipinski definition) is 4. The molecule has 1 aromatic carbocycles. The van der Waals surface area contributed by atoms with Gasteiger partial charge >= 0.3 is 5.97 Å². The van der Waals surface area contributed by atoms with Crippen LogP contribution >= 0.6 is 12.4 Å². The molecule has 0 spiro atoms. The summed E-state index contributed by atoms with van der Waals surface area (Å²) in [5.74, 6) is -0.422. The van der Waals surface area contributed by atoms with Crippen LogP contribution in [-0.4, -0.2) is 24.0 Å². The summed E-state index contributed by atoms with van der Waals surface area (Å²) in [7, 11) is 0. The first-order chi connectivity index (χ1) is 10.0. The number of halogens is 1. The van der Waals surface area contributed by atoms with E-state index in [1.807, 2.05) is 12.1 Å². The summed E-state index contributed by atoms with van der Waals surface area (Å²) in [6.45, 7) is 2.55. The van der Waals surface area contributed by atoms with Gasteiger partial charge in [0.25, 0.3) is 0 Å². The lowest BCUT2D eigenvalue weighted by Gasteiger charge is -2.22. The number of amides is 1. The minimum atomic E-state index is -0.703. The van der Waals surface area contributed by atoms with Crippen LogP contribution in [0.3, 0.4) is 0 Å². The summed E-state index contributed by atoms with van der Waals surface area (Å²) in [5, 5.41) is 2.88. The standard InChI is InChI=1S/C16H22N2O3.ClH/c1-2-21-14(19)13-7-5-12(6-8-13)11-18-15(20)16(17)9-3-4-10-16;/h5-8H,2-4,9-11,17H2,1H3,(H,18,20);1H. The highest BCUT2D eigenvalue weighted by atomic mass is 35.5. The van der Waals surface area contributed by atoms with E-state index in [4.69, 9.17) is 10.5 Å². The van der Waals surface area contributed by atoms with E-state index >= 15 is 0 Å². The lowest BCUT2D eigenvalue weighted by molar-refractivity contribution is -0.126. The molecule has 6 heteroatoms. The largest absolute Gasteiger partial charge is 0.462 e. The van der Waals surface area contributed by atoms with Gasteiger partial charge in [0.05, 0.1) is 17.7 Å². The Labute approximate surface area is 137 Å². The fourth-order valence-corrected chi connectivity index (χ4v) is 2.56. The SMILES string of the molecule is CCOC(=O)c1ccc(CNC(=O)C2(N)CCCC2)cc1.Cl. The second kappa shape index (κ2) is 8.15. The van der Waals surface area contributed by atoms with E-state index in [0.717, 1.165) is 31.2 Å². The van der Waals surface area contributed by atoms with Gasteiger partial charge in [-0.15, -0.1) is 12.4 Å². The lowest BCUT2D eigenvalue weighted by atomic mass is 9.98. The Morgan fingerprint density at radius 1 is 1.23 bits per heavy atom. The maximum Gasteiger partial charge on any atom is 0.338 e. The van der Waals surface area contributed by atoms with Crippen LogP contribution in [0.5, 0.6) is 0 Å². The predicted octanol–water partition coefficient (Wildman–Crippen LogP) is 2.17. The number of hydrogen-bond donors (Lipinski definition) is 2. The van der Waals surface area contributed by atoms with Crippen LogP contribution < -0.4 is 11.1 Å². The predicted molar refractivity (Wildman–Crippen MR) is 86.9 cm³/mol. The molecular weight excluding hydrogens is 304 g/mol. The highest BCUT2D eigenvalue weighted by Crippen LogP contribution is 2.27. The molecule has 122 valence electrons. The average Bonchev–Trinajstić information content (AvgIpc) is 2.93. The van der Waals surface area contributed by atoms with Crippen molar-refractivity contribution in [2.45, 2.75) is 44.7 Å². The molecule has 0 atom stereocenters. The van der Waals surface area contributed by atoms with Crippen molar-refractivity contribution in [3.8, 4) is 0 Å². The molecule has 1 aliphatic carbocycles. The number of rotatable bonds is 5. The van der Waals surface area contributed by atoms with Crippen molar-refractivity contribution in [1.29, 1.82) is 0 Å². The van der Waals surface area contributed by atoms with Crippen molar-refractivity contribution in [2.24, 2.45) is 5.73 Å². The first-order valence-corrected chi connectivity index (χ1v) is 7.38. The quantitative estimate of drug-likeness (QED) is 0.812. The fraction of sp³-hybridized carbons (Fsp3) is 0.500. The van der Waals surface area contributed by atoms with Gasteiger partial charge in [0.2, 0.25) is 5.91 Å². The van der Waals surface area contributed by atoms with Crippen molar-refractivity contribution >= 4 is 24.3 Å². The number of nitrogens with one attached hydrogen (secondary N) is 1. The molecule has 0 bridgehead atoms. The smallest absolute Gasteiger partial charge is 0.338 e. The molecule has 1 amide bonds. The number of nitrogens with two attached hydrogens (primary N) is 1. The summed E-state index contributed by atoms with van der Waals surface area (Å²) < 4.78 is 4.92. The van der Waals surface area contributed by atoms with Gasteiger partial charge in [-0.25, -0.2) is 4.79 Å². The number of esters is 1. The molecule has 22 heavy (non-hydrogen) atoms. The van der Waals surface area contributed by atoms with E-state index in [1.165, 1.54) is 0 Å². The molecule has 0 saturated heterocycles. The zero-order chi connectivity index (χ0) is 15.3. The van der Waals surface area contributed by atoms with Crippen molar-refractivity contribution < 1.29 is 14.3 Å². The Morgan fingerprint density at radius 2 is 1.82 bits per heavy atom. The van der Waals surface area contributed by atoms with E-state index < -0.39 is 5.54 Å². The molecule has 0 aromatic heterocycles. The molecule has 0 heterocycles. The first-order valence-electron chi connectivity index (χ1n) is 7.38. The summed E-state index contributed by atoms with van der Waals surface area (Å²) in [5.41, 5.74) is 6.83. The van der Waals surface area contributed by atoms with Gasteiger partial charge in [-0.3, -0.25) is 4.79 Å². The van der Waals surface area contributed by atoms with Crippen molar-refractivity contribution in [1.82, 2.24) is 5.32 Å². The zero-order valence-electron chi connectivity index (χ0n) is 12.8. The molecule has 0 aliphatic heterocycles. The van der Waals surface area contributed by atoms with Crippen LogP contribution in [-0.2, 0) is 16.1 Å². The van der Waals surface area contributed by atoms with Gasteiger partial charge in [-0.05, 0) is 37.5 Å². The summed E-state index contributed by atoms with van der Waals surface area (Å²) >= 11 is 0. The van der Waals surface area contributed by atoms with Crippen molar-refractivity contribution in [3.05, 3.63) is 35.4 Å². The van der Waals surface area contributed by atoms with Crippen LogP contribution in [0.15, 0.2) is 24.3 Å². The molecule has 1 fully saturated rings. The summed E-state index contributed by atoms with van der Waals surface area (Å²) in [4.78, 5) is 23.6. The van der Waals surface area contributed by atoms with Crippen LogP contribution in [0.2, 0.25) is 0 Å². The molecule has 2 rings (SSSR count).